The van der Waals surface area contributed by atoms with Gasteiger partial charge in [-0.15, -0.1) is 15.3 Å². The normalized spacial score (nSPS) is 11.4. The van der Waals surface area contributed by atoms with Crippen molar-refractivity contribution in [3.8, 4) is 28.7 Å². The summed E-state index contributed by atoms with van der Waals surface area (Å²) in [5.74, 6) is 2.78. The van der Waals surface area contributed by atoms with Crippen molar-refractivity contribution in [1.82, 2.24) is 30.4 Å². The lowest BCUT2D eigenvalue weighted by Gasteiger charge is -2.10. The molecule has 0 fully saturated rings. The lowest BCUT2D eigenvalue weighted by Crippen LogP contribution is -2.12. The van der Waals surface area contributed by atoms with Crippen molar-refractivity contribution in [3.05, 3.63) is 94.5 Å². The van der Waals surface area contributed by atoms with Crippen LogP contribution in [0.4, 0.5) is 0 Å². The number of oxime groups is 1. The molecule has 0 atom stereocenters. The van der Waals surface area contributed by atoms with Crippen LogP contribution in [0.25, 0.3) is 11.5 Å². The van der Waals surface area contributed by atoms with Gasteiger partial charge in [0, 0.05) is 23.2 Å². The highest BCUT2D eigenvalue weighted by Crippen LogP contribution is 2.34. The Morgan fingerprint density at radius 2 is 1.76 bits per heavy atom. The Kier molecular flexibility index (Phi) is 7.17. The monoisotopic (exact) mass is 561 g/mol. The smallest absolute Gasteiger partial charge is 0.257 e. The van der Waals surface area contributed by atoms with Gasteiger partial charge >= 0.3 is 0 Å². The summed E-state index contributed by atoms with van der Waals surface area (Å²) in [6.45, 7) is -0.0539. The van der Waals surface area contributed by atoms with Crippen LogP contribution in [0, 0.1) is 0 Å². The minimum atomic E-state index is -0.0539. The Hall–Kier alpha value is -4.58. The number of nitrogens with zero attached hydrogens (tertiary/aromatic N) is 7. The number of hydrogen-bond donors (Lipinski definition) is 0. The quantitative estimate of drug-likeness (QED) is 0.184. The number of aromatic nitrogens is 6. The fraction of sp³-hybridized carbons (Fsp3) is 0.120. The maximum atomic E-state index is 5.90. The average Bonchev–Trinajstić information content (AvgIpc) is 3.57. The van der Waals surface area contributed by atoms with Crippen molar-refractivity contribution in [3.63, 3.8) is 0 Å². The van der Waals surface area contributed by atoms with Crippen LogP contribution >= 0.6 is 15.9 Å². The van der Waals surface area contributed by atoms with Crippen molar-refractivity contribution < 1.29 is 18.7 Å². The number of benzene rings is 3. The van der Waals surface area contributed by atoms with Crippen LogP contribution in [0.5, 0.6) is 17.2 Å². The number of ether oxygens (including phenoxy) is 2. The van der Waals surface area contributed by atoms with E-state index in [1.807, 2.05) is 54.6 Å². The van der Waals surface area contributed by atoms with Gasteiger partial charge in [-0.05, 0) is 46.8 Å². The summed E-state index contributed by atoms with van der Waals surface area (Å²) in [5, 5.41) is 24.0. The number of aryl methyl sites for hydroxylation is 1. The van der Waals surface area contributed by atoms with Crippen molar-refractivity contribution in [2.75, 3.05) is 7.11 Å². The van der Waals surface area contributed by atoms with E-state index in [0.29, 0.717) is 34.3 Å². The minimum absolute atomic E-state index is 0.0539. The highest BCUT2D eigenvalue weighted by Gasteiger charge is 2.17. The molecule has 0 amide bonds. The summed E-state index contributed by atoms with van der Waals surface area (Å²) in [6, 6.07) is 22.3. The standard InChI is InChI=1S/C25H20BrN7O4/c1-33-24(28-31-32-33)23(16-6-4-3-5-7-16)30-35-15-22-27-29-25(37-22)20-13-12-19(14-21(20)34-2)36-18-10-8-17(26)9-11-18/h3-14H,15H2,1-2H3/b30-23-. The van der Waals surface area contributed by atoms with Crippen LogP contribution < -0.4 is 9.47 Å². The molecule has 3 aromatic carbocycles. The van der Waals surface area contributed by atoms with Crippen LogP contribution in [-0.4, -0.2) is 43.2 Å². The van der Waals surface area contributed by atoms with E-state index in [2.05, 4.69) is 46.8 Å². The molecule has 0 spiro atoms. The highest BCUT2D eigenvalue weighted by molar-refractivity contribution is 9.10. The van der Waals surface area contributed by atoms with Gasteiger partial charge in [0.05, 0.1) is 12.7 Å². The second-order valence-corrected chi connectivity index (χ2v) is 8.54. The molecule has 0 N–H and O–H groups in total. The topological polar surface area (TPSA) is 123 Å². The molecule has 0 aliphatic rings. The van der Waals surface area contributed by atoms with Crippen molar-refractivity contribution in [2.45, 2.75) is 6.61 Å². The van der Waals surface area contributed by atoms with E-state index in [1.54, 1.807) is 32.4 Å². The highest BCUT2D eigenvalue weighted by atomic mass is 79.9. The maximum Gasteiger partial charge on any atom is 0.257 e. The SMILES string of the molecule is COc1cc(Oc2ccc(Br)cc2)ccc1-c1nnc(CO/N=C(/c2ccccc2)c2nnnn2C)o1. The summed E-state index contributed by atoms with van der Waals surface area (Å²) >= 11 is 3.41. The number of tetrazole rings is 1. The van der Waals surface area contributed by atoms with E-state index >= 15 is 0 Å². The molecule has 0 bridgehead atoms. The summed E-state index contributed by atoms with van der Waals surface area (Å²) < 4.78 is 19.7. The predicted molar refractivity (Wildman–Crippen MR) is 136 cm³/mol. The summed E-state index contributed by atoms with van der Waals surface area (Å²) in [5.41, 5.74) is 1.88. The minimum Gasteiger partial charge on any atom is -0.496 e. The Labute approximate surface area is 219 Å². The third-order valence-electron chi connectivity index (χ3n) is 5.14. The Morgan fingerprint density at radius 3 is 2.49 bits per heavy atom. The molecule has 0 unspecified atom stereocenters. The van der Waals surface area contributed by atoms with Gasteiger partial charge in [-0.3, -0.25) is 0 Å². The fourth-order valence-electron chi connectivity index (χ4n) is 3.37. The van der Waals surface area contributed by atoms with Crippen LogP contribution in [-0.2, 0) is 18.5 Å². The Balaban J connectivity index is 1.31. The van der Waals surface area contributed by atoms with Gasteiger partial charge in [0.1, 0.15) is 17.2 Å². The maximum absolute atomic E-state index is 5.90. The van der Waals surface area contributed by atoms with Crippen LogP contribution in [0.3, 0.4) is 0 Å². The molecular formula is C25H20BrN7O4. The van der Waals surface area contributed by atoms with E-state index in [9.17, 15) is 0 Å². The molecule has 37 heavy (non-hydrogen) atoms. The van der Waals surface area contributed by atoms with Gasteiger partial charge in [-0.2, -0.15) is 0 Å². The number of rotatable bonds is 9. The molecule has 186 valence electrons. The van der Waals surface area contributed by atoms with E-state index < -0.39 is 0 Å². The largest absolute Gasteiger partial charge is 0.496 e. The molecule has 2 aromatic heterocycles. The molecule has 0 radical (unpaired) electrons. The first-order chi connectivity index (χ1) is 18.1. The Bertz CT molecular complexity index is 1520. The third kappa shape index (κ3) is 5.64. The number of methoxy groups -OCH3 is 1. The second-order valence-electron chi connectivity index (χ2n) is 7.62. The molecule has 0 aliphatic carbocycles. The lowest BCUT2D eigenvalue weighted by molar-refractivity contribution is 0.111. The van der Waals surface area contributed by atoms with E-state index in [0.717, 1.165) is 10.0 Å². The average molecular weight is 562 g/mol. The van der Waals surface area contributed by atoms with Crippen LogP contribution in [0.15, 0.2) is 86.8 Å². The molecular weight excluding hydrogens is 542 g/mol. The summed E-state index contributed by atoms with van der Waals surface area (Å²) in [7, 11) is 3.28. The zero-order valence-corrected chi connectivity index (χ0v) is 21.4. The van der Waals surface area contributed by atoms with Gasteiger partial charge in [0.15, 0.2) is 12.3 Å². The van der Waals surface area contributed by atoms with Gasteiger partial charge in [0.25, 0.3) is 11.8 Å². The molecule has 2 heterocycles. The zero-order valence-electron chi connectivity index (χ0n) is 19.8. The molecule has 5 aromatic rings. The third-order valence-corrected chi connectivity index (χ3v) is 5.67. The first kappa shape index (κ1) is 24.1. The van der Waals surface area contributed by atoms with Gasteiger partial charge < -0.3 is 18.7 Å². The number of hydrogen-bond acceptors (Lipinski definition) is 10. The van der Waals surface area contributed by atoms with E-state index in [4.69, 9.17) is 18.7 Å². The molecule has 0 saturated carbocycles. The first-order valence-electron chi connectivity index (χ1n) is 11.0. The van der Waals surface area contributed by atoms with Crippen LogP contribution in [0.1, 0.15) is 17.3 Å². The van der Waals surface area contributed by atoms with E-state index in [1.165, 1.54) is 4.68 Å². The lowest BCUT2D eigenvalue weighted by atomic mass is 10.1. The summed E-state index contributed by atoms with van der Waals surface area (Å²) in [6.07, 6.45) is 0. The number of halogens is 1. The molecule has 5 rings (SSSR count). The van der Waals surface area contributed by atoms with E-state index in [-0.39, 0.29) is 18.4 Å². The molecule has 0 aliphatic heterocycles. The molecule has 12 heteroatoms. The predicted octanol–water partition coefficient (Wildman–Crippen LogP) is 4.79. The van der Waals surface area contributed by atoms with Crippen molar-refractivity contribution in [1.29, 1.82) is 0 Å². The molecule has 11 nitrogen and oxygen atoms in total. The second kappa shape index (κ2) is 11.0. The van der Waals surface area contributed by atoms with Gasteiger partial charge in [0.2, 0.25) is 5.82 Å². The van der Waals surface area contributed by atoms with Crippen molar-refractivity contribution in [2.24, 2.45) is 12.2 Å². The van der Waals surface area contributed by atoms with Crippen LogP contribution in [0.2, 0.25) is 0 Å². The fourth-order valence-corrected chi connectivity index (χ4v) is 3.64. The summed E-state index contributed by atoms with van der Waals surface area (Å²) in [4.78, 5) is 5.54. The first-order valence-corrected chi connectivity index (χ1v) is 11.8. The zero-order chi connectivity index (χ0) is 25.6. The van der Waals surface area contributed by atoms with Crippen molar-refractivity contribution >= 4 is 21.6 Å². The Morgan fingerprint density at radius 1 is 0.973 bits per heavy atom. The van der Waals surface area contributed by atoms with Gasteiger partial charge in [-0.1, -0.05) is 51.4 Å². The molecule has 0 saturated heterocycles. The van der Waals surface area contributed by atoms with Gasteiger partial charge in [-0.25, -0.2) is 4.68 Å².